The van der Waals surface area contributed by atoms with Crippen molar-refractivity contribution in [2.24, 2.45) is 11.5 Å². The minimum absolute atomic E-state index is 0.0712. The zero-order chi connectivity index (χ0) is 13.7. The first kappa shape index (κ1) is 14.3. The fourth-order valence-corrected chi connectivity index (χ4v) is 2.46. The molecule has 4 nitrogen and oxygen atoms in total. The number of rotatable bonds is 6. The molecule has 4 heteroatoms. The molecule has 1 aliphatic heterocycles. The summed E-state index contributed by atoms with van der Waals surface area (Å²) in [5, 5.41) is 0. The van der Waals surface area contributed by atoms with Crippen molar-refractivity contribution in [3.63, 3.8) is 0 Å². The van der Waals surface area contributed by atoms with Gasteiger partial charge in [0.2, 0.25) is 0 Å². The van der Waals surface area contributed by atoms with Crippen molar-refractivity contribution in [3.05, 3.63) is 29.3 Å². The summed E-state index contributed by atoms with van der Waals surface area (Å²) in [5.74, 6) is 1.06. The molecular weight excluding hydrogens is 238 g/mol. The van der Waals surface area contributed by atoms with E-state index in [1.807, 2.05) is 0 Å². The van der Waals surface area contributed by atoms with E-state index in [4.69, 9.17) is 16.2 Å². The highest BCUT2D eigenvalue weighted by Gasteiger charge is 2.11. The Morgan fingerprint density at radius 2 is 2.26 bits per heavy atom. The van der Waals surface area contributed by atoms with Crippen molar-refractivity contribution in [1.82, 2.24) is 4.90 Å². The van der Waals surface area contributed by atoms with Crippen molar-refractivity contribution in [3.8, 4) is 5.75 Å². The number of hydrogen-bond acceptors (Lipinski definition) is 4. The first-order valence-electron chi connectivity index (χ1n) is 7.08. The van der Waals surface area contributed by atoms with E-state index in [1.165, 1.54) is 11.1 Å². The summed E-state index contributed by atoms with van der Waals surface area (Å²) >= 11 is 0. The van der Waals surface area contributed by atoms with Gasteiger partial charge >= 0.3 is 0 Å². The van der Waals surface area contributed by atoms with Crippen molar-refractivity contribution < 1.29 is 4.74 Å². The standard InChI is InChI=1S/C15H25N3O/c1-18(11-14(17)10-16)7-6-12-4-5-15-13(9-12)3-2-8-19-15/h4-5,9,14H,2-3,6-8,10-11,16-17H2,1H3. The van der Waals surface area contributed by atoms with Crippen LogP contribution in [0.5, 0.6) is 5.75 Å². The van der Waals surface area contributed by atoms with Crippen molar-refractivity contribution in [2.45, 2.75) is 25.3 Å². The molecule has 1 aromatic rings. The molecule has 0 saturated heterocycles. The van der Waals surface area contributed by atoms with Gasteiger partial charge in [0.1, 0.15) is 5.75 Å². The Kier molecular flexibility index (Phi) is 5.19. The lowest BCUT2D eigenvalue weighted by molar-refractivity contribution is 0.288. The Bertz CT molecular complexity index is 408. The molecule has 0 saturated carbocycles. The van der Waals surface area contributed by atoms with Crippen LogP contribution >= 0.6 is 0 Å². The van der Waals surface area contributed by atoms with Crippen LogP contribution in [0, 0.1) is 0 Å². The van der Waals surface area contributed by atoms with E-state index in [0.29, 0.717) is 6.54 Å². The Labute approximate surface area is 115 Å². The second kappa shape index (κ2) is 6.89. The number of hydrogen-bond donors (Lipinski definition) is 2. The smallest absolute Gasteiger partial charge is 0.122 e. The average Bonchev–Trinajstić information content (AvgIpc) is 2.44. The molecule has 0 bridgehead atoms. The molecule has 0 amide bonds. The fourth-order valence-electron chi connectivity index (χ4n) is 2.46. The molecule has 1 heterocycles. The van der Waals surface area contributed by atoms with Crippen molar-refractivity contribution >= 4 is 0 Å². The SMILES string of the molecule is CN(CCc1ccc2c(c1)CCCO2)CC(N)CN. The summed E-state index contributed by atoms with van der Waals surface area (Å²) in [6.45, 7) is 3.25. The summed E-state index contributed by atoms with van der Waals surface area (Å²) < 4.78 is 5.63. The predicted octanol–water partition coefficient (Wildman–Crippen LogP) is 0.772. The zero-order valence-corrected chi connectivity index (χ0v) is 11.8. The van der Waals surface area contributed by atoms with E-state index in [-0.39, 0.29) is 6.04 Å². The first-order chi connectivity index (χ1) is 9.19. The van der Waals surface area contributed by atoms with Crippen LogP contribution in [0.15, 0.2) is 18.2 Å². The van der Waals surface area contributed by atoms with Gasteiger partial charge in [-0.05, 0) is 43.5 Å². The van der Waals surface area contributed by atoms with Gasteiger partial charge in [-0.15, -0.1) is 0 Å². The molecule has 1 unspecified atom stereocenters. The second-order valence-electron chi connectivity index (χ2n) is 5.40. The summed E-state index contributed by atoms with van der Waals surface area (Å²) in [4.78, 5) is 2.24. The number of aryl methyl sites for hydroxylation is 1. The molecule has 2 rings (SSSR count). The maximum Gasteiger partial charge on any atom is 0.122 e. The van der Waals surface area contributed by atoms with Gasteiger partial charge in [0.15, 0.2) is 0 Å². The highest BCUT2D eigenvalue weighted by molar-refractivity contribution is 5.38. The normalized spacial score (nSPS) is 16.0. The summed E-state index contributed by atoms with van der Waals surface area (Å²) in [7, 11) is 2.09. The van der Waals surface area contributed by atoms with Gasteiger partial charge in [-0.3, -0.25) is 0 Å². The lowest BCUT2D eigenvalue weighted by Gasteiger charge is -2.21. The molecule has 1 aliphatic rings. The fraction of sp³-hybridized carbons (Fsp3) is 0.600. The third-order valence-electron chi connectivity index (χ3n) is 3.60. The largest absolute Gasteiger partial charge is 0.493 e. The maximum absolute atomic E-state index is 5.85. The van der Waals surface area contributed by atoms with E-state index in [9.17, 15) is 0 Å². The lowest BCUT2D eigenvalue weighted by atomic mass is 10.0. The molecule has 4 N–H and O–H groups in total. The molecule has 19 heavy (non-hydrogen) atoms. The molecule has 0 aliphatic carbocycles. The monoisotopic (exact) mass is 263 g/mol. The number of likely N-dealkylation sites (N-methyl/N-ethyl adjacent to an activating group) is 1. The summed E-state index contributed by atoms with van der Waals surface area (Å²) in [6, 6.07) is 6.63. The second-order valence-corrected chi connectivity index (χ2v) is 5.40. The topological polar surface area (TPSA) is 64.5 Å². The molecule has 106 valence electrons. The van der Waals surface area contributed by atoms with Crippen molar-refractivity contribution in [2.75, 3.05) is 33.3 Å². The molecular formula is C15H25N3O. The summed E-state index contributed by atoms with van der Waals surface area (Å²) in [6.07, 6.45) is 3.31. The Morgan fingerprint density at radius 1 is 1.42 bits per heavy atom. The third kappa shape index (κ3) is 4.20. The van der Waals surface area contributed by atoms with Crippen LogP contribution in [0.3, 0.4) is 0 Å². The van der Waals surface area contributed by atoms with Gasteiger partial charge in [-0.2, -0.15) is 0 Å². The van der Waals surface area contributed by atoms with Crippen LogP contribution < -0.4 is 16.2 Å². The Balaban J connectivity index is 1.86. The number of fused-ring (bicyclic) bond motifs is 1. The highest BCUT2D eigenvalue weighted by Crippen LogP contribution is 2.25. The highest BCUT2D eigenvalue weighted by atomic mass is 16.5. The quantitative estimate of drug-likeness (QED) is 0.796. The third-order valence-corrected chi connectivity index (χ3v) is 3.60. The van der Waals surface area contributed by atoms with Crippen LogP contribution in [0.1, 0.15) is 17.5 Å². The lowest BCUT2D eigenvalue weighted by Crippen LogP contribution is -2.41. The zero-order valence-electron chi connectivity index (χ0n) is 11.8. The number of nitrogens with zero attached hydrogens (tertiary/aromatic N) is 1. The first-order valence-corrected chi connectivity index (χ1v) is 7.08. The molecule has 1 atom stereocenters. The van der Waals surface area contributed by atoms with Gasteiger partial charge in [-0.1, -0.05) is 12.1 Å². The van der Waals surface area contributed by atoms with E-state index < -0.39 is 0 Å². The molecule has 0 spiro atoms. The average molecular weight is 263 g/mol. The van der Waals surface area contributed by atoms with Gasteiger partial charge in [0.25, 0.3) is 0 Å². The predicted molar refractivity (Wildman–Crippen MR) is 78.5 cm³/mol. The van der Waals surface area contributed by atoms with Crippen LogP contribution in [-0.4, -0.2) is 44.2 Å². The van der Waals surface area contributed by atoms with Crippen molar-refractivity contribution in [1.29, 1.82) is 0 Å². The Hall–Kier alpha value is -1.10. The number of ether oxygens (including phenoxy) is 1. The Morgan fingerprint density at radius 3 is 3.05 bits per heavy atom. The molecule has 1 aromatic carbocycles. The van der Waals surface area contributed by atoms with Gasteiger partial charge < -0.3 is 21.1 Å². The minimum Gasteiger partial charge on any atom is -0.493 e. The van der Waals surface area contributed by atoms with Crippen LogP contribution in [-0.2, 0) is 12.8 Å². The van der Waals surface area contributed by atoms with E-state index >= 15 is 0 Å². The minimum atomic E-state index is 0.0712. The van der Waals surface area contributed by atoms with Crippen LogP contribution in [0.4, 0.5) is 0 Å². The molecule has 0 radical (unpaired) electrons. The number of benzene rings is 1. The van der Waals surface area contributed by atoms with Gasteiger partial charge in [0.05, 0.1) is 6.61 Å². The van der Waals surface area contributed by atoms with Crippen LogP contribution in [0.25, 0.3) is 0 Å². The van der Waals surface area contributed by atoms with Gasteiger partial charge in [-0.25, -0.2) is 0 Å². The van der Waals surface area contributed by atoms with E-state index in [2.05, 4.69) is 30.1 Å². The van der Waals surface area contributed by atoms with Crippen LogP contribution in [0.2, 0.25) is 0 Å². The van der Waals surface area contributed by atoms with Gasteiger partial charge in [0, 0.05) is 25.7 Å². The maximum atomic E-state index is 5.85. The molecule has 0 fully saturated rings. The van der Waals surface area contributed by atoms with E-state index in [0.717, 1.165) is 44.7 Å². The number of nitrogens with two attached hydrogens (primary N) is 2. The summed E-state index contributed by atoms with van der Waals surface area (Å²) in [5.41, 5.74) is 14.1. The van der Waals surface area contributed by atoms with E-state index in [1.54, 1.807) is 0 Å². The molecule has 0 aromatic heterocycles.